The number of carboxylic acid groups (broad SMARTS) is 1. The SMILES string of the molecule is CC[C@H](NC(=O)c1cccc([N+](=O)[O-])c1C)C(=O)O. The standard InChI is InChI=1S/C12H14N2O5/c1-3-9(12(16)17)13-11(15)8-5-4-6-10(7(8)2)14(18)19/h4-6,9H,3H2,1-2H3,(H,13,15)(H,16,17)/t9-/m0/s1. The third-order valence-corrected chi connectivity index (χ3v) is 2.76. The van der Waals surface area contributed by atoms with E-state index in [1.807, 2.05) is 0 Å². The average Bonchev–Trinajstić information content (AvgIpc) is 2.35. The van der Waals surface area contributed by atoms with E-state index in [2.05, 4.69) is 5.32 Å². The minimum Gasteiger partial charge on any atom is -0.480 e. The molecule has 0 bridgehead atoms. The second kappa shape index (κ2) is 5.94. The summed E-state index contributed by atoms with van der Waals surface area (Å²) >= 11 is 0. The molecule has 1 amide bonds. The van der Waals surface area contributed by atoms with E-state index in [-0.39, 0.29) is 23.2 Å². The van der Waals surface area contributed by atoms with E-state index in [1.165, 1.54) is 25.1 Å². The zero-order valence-electron chi connectivity index (χ0n) is 10.5. The Hall–Kier alpha value is -2.44. The largest absolute Gasteiger partial charge is 0.480 e. The lowest BCUT2D eigenvalue weighted by Gasteiger charge is -2.13. The first-order valence-electron chi connectivity index (χ1n) is 5.66. The van der Waals surface area contributed by atoms with Crippen LogP contribution in [-0.2, 0) is 4.79 Å². The van der Waals surface area contributed by atoms with Crippen LogP contribution in [0.5, 0.6) is 0 Å². The second-order valence-corrected chi connectivity index (χ2v) is 3.98. The van der Waals surface area contributed by atoms with Crippen molar-refractivity contribution in [1.82, 2.24) is 5.32 Å². The number of hydrogen-bond donors (Lipinski definition) is 2. The van der Waals surface area contributed by atoms with Crippen molar-refractivity contribution in [3.63, 3.8) is 0 Å². The van der Waals surface area contributed by atoms with Gasteiger partial charge in [0.2, 0.25) is 0 Å². The first kappa shape index (κ1) is 14.6. The molecule has 0 heterocycles. The molecule has 1 aromatic carbocycles. The predicted octanol–water partition coefficient (Wildman–Crippen LogP) is 1.50. The third-order valence-electron chi connectivity index (χ3n) is 2.76. The number of nitro groups is 1. The second-order valence-electron chi connectivity index (χ2n) is 3.98. The molecular formula is C12H14N2O5. The Bertz CT molecular complexity index is 527. The van der Waals surface area contributed by atoms with Gasteiger partial charge in [-0.15, -0.1) is 0 Å². The molecule has 102 valence electrons. The van der Waals surface area contributed by atoms with Crippen molar-refractivity contribution in [3.05, 3.63) is 39.4 Å². The molecule has 0 aliphatic heterocycles. The first-order chi connectivity index (χ1) is 8.88. The van der Waals surface area contributed by atoms with Crippen molar-refractivity contribution in [3.8, 4) is 0 Å². The molecule has 0 aromatic heterocycles. The summed E-state index contributed by atoms with van der Waals surface area (Å²) in [5.74, 6) is -1.77. The fraction of sp³-hybridized carbons (Fsp3) is 0.333. The van der Waals surface area contributed by atoms with Crippen LogP contribution in [0.15, 0.2) is 18.2 Å². The summed E-state index contributed by atoms with van der Waals surface area (Å²) in [5.41, 5.74) is 0.148. The maximum atomic E-state index is 11.9. The van der Waals surface area contributed by atoms with Gasteiger partial charge >= 0.3 is 5.97 Å². The molecule has 1 aromatic rings. The summed E-state index contributed by atoms with van der Waals surface area (Å²) in [6.45, 7) is 3.08. The maximum absolute atomic E-state index is 11.9. The number of rotatable bonds is 5. The van der Waals surface area contributed by atoms with Crippen LogP contribution in [0.3, 0.4) is 0 Å². The highest BCUT2D eigenvalue weighted by Gasteiger charge is 2.22. The van der Waals surface area contributed by atoms with Gasteiger partial charge in [0, 0.05) is 17.2 Å². The normalized spacial score (nSPS) is 11.7. The van der Waals surface area contributed by atoms with E-state index in [0.29, 0.717) is 0 Å². The quantitative estimate of drug-likeness (QED) is 0.619. The van der Waals surface area contributed by atoms with Gasteiger partial charge in [-0.3, -0.25) is 14.9 Å². The van der Waals surface area contributed by atoms with Crippen LogP contribution in [0, 0.1) is 17.0 Å². The molecule has 7 heteroatoms. The van der Waals surface area contributed by atoms with Gasteiger partial charge in [-0.2, -0.15) is 0 Å². The van der Waals surface area contributed by atoms with Gasteiger partial charge < -0.3 is 10.4 Å². The Morgan fingerprint density at radius 1 is 1.47 bits per heavy atom. The summed E-state index contributed by atoms with van der Waals surface area (Å²) < 4.78 is 0. The summed E-state index contributed by atoms with van der Waals surface area (Å²) in [6.07, 6.45) is 0.231. The smallest absolute Gasteiger partial charge is 0.326 e. The average molecular weight is 266 g/mol. The summed E-state index contributed by atoms with van der Waals surface area (Å²) in [6, 6.07) is 3.10. The minimum absolute atomic E-state index is 0.105. The van der Waals surface area contributed by atoms with E-state index in [9.17, 15) is 19.7 Å². The zero-order valence-corrected chi connectivity index (χ0v) is 10.5. The minimum atomic E-state index is -1.14. The molecule has 0 spiro atoms. The Morgan fingerprint density at radius 2 is 2.11 bits per heavy atom. The fourth-order valence-electron chi connectivity index (χ4n) is 1.64. The first-order valence-corrected chi connectivity index (χ1v) is 5.66. The number of benzene rings is 1. The monoisotopic (exact) mass is 266 g/mol. The molecule has 0 saturated carbocycles. The number of carboxylic acids is 1. The van der Waals surface area contributed by atoms with Crippen LogP contribution in [-0.4, -0.2) is 27.9 Å². The zero-order chi connectivity index (χ0) is 14.6. The van der Waals surface area contributed by atoms with Crippen LogP contribution in [0.2, 0.25) is 0 Å². The van der Waals surface area contributed by atoms with Crippen molar-refractivity contribution in [2.75, 3.05) is 0 Å². The number of nitrogens with zero attached hydrogens (tertiary/aromatic N) is 1. The molecule has 1 rings (SSSR count). The van der Waals surface area contributed by atoms with E-state index in [1.54, 1.807) is 6.92 Å². The fourth-order valence-corrected chi connectivity index (χ4v) is 1.64. The Kier molecular flexibility index (Phi) is 4.57. The number of nitro benzene ring substituents is 1. The molecule has 2 N–H and O–H groups in total. The number of carbonyl (C=O) groups excluding carboxylic acids is 1. The lowest BCUT2D eigenvalue weighted by atomic mass is 10.1. The number of aliphatic carboxylic acids is 1. The van der Waals surface area contributed by atoms with Crippen LogP contribution in [0.1, 0.15) is 29.3 Å². The molecule has 7 nitrogen and oxygen atoms in total. The molecule has 0 radical (unpaired) electrons. The molecule has 0 aliphatic rings. The van der Waals surface area contributed by atoms with Crippen LogP contribution < -0.4 is 5.32 Å². The molecule has 1 atom stereocenters. The number of nitrogens with one attached hydrogen (secondary N) is 1. The van der Waals surface area contributed by atoms with Gasteiger partial charge in [0.15, 0.2) is 0 Å². The van der Waals surface area contributed by atoms with Gasteiger partial charge in [0.25, 0.3) is 11.6 Å². The van der Waals surface area contributed by atoms with Crippen molar-refractivity contribution in [2.24, 2.45) is 0 Å². The number of amides is 1. The van der Waals surface area contributed by atoms with E-state index in [4.69, 9.17) is 5.11 Å². The Labute approximate surface area is 109 Å². The van der Waals surface area contributed by atoms with Crippen LogP contribution >= 0.6 is 0 Å². The van der Waals surface area contributed by atoms with Crippen LogP contribution in [0.25, 0.3) is 0 Å². The maximum Gasteiger partial charge on any atom is 0.326 e. The van der Waals surface area contributed by atoms with Crippen molar-refractivity contribution in [1.29, 1.82) is 0 Å². The molecule has 0 unspecified atom stereocenters. The third kappa shape index (κ3) is 3.27. The summed E-state index contributed by atoms with van der Waals surface area (Å²) in [5, 5.41) is 21.9. The number of hydrogen-bond acceptors (Lipinski definition) is 4. The predicted molar refractivity (Wildman–Crippen MR) is 67.0 cm³/mol. The molecule has 0 saturated heterocycles. The highest BCUT2D eigenvalue weighted by molar-refractivity contribution is 5.98. The van der Waals surface area contributed by atoms with Crippen molar-refractivity contribution in [2.45, 2.75) is 26.3 Å². The Balaban J connectivity index is 3.04. The highest BCUT2D eigenvalue weighted by Crippen LogP contribution is 2.21. The topological polar surface area (TPSA) is 110 Å². The van der Waals surface area contributed by atoms with Gasteiger partial charge in [0.1, 0.15) is 6.04 Å². The molecule has 0 fully saturated rings. The van der Waals surface area contributed by atoms with E-state index >= 15 is 0 Å². The van der Waals surface area contributed by atoms with Crippen LogP contribution in [0.4, 0.5) is 5.69 Å². The molecule has 0 aliphatic carbocycles. The van der Waals surface area contributed by atoms with Crippen molar-refractivity contribution < 1.29 is 19.6 Å². The van der Waals surface area contributed by atoms with E-state index in [0.717, 1.165) is 0 Å². The van der Waals surface area contributed by atoms with Gasteiger partial charge in [-0.25, -0.2) is 4.79 Å². The molecule has 19 heavy (non-hydrogen) atoms. The van der Waals surface area contributed by atoms with Gasteiger partial charge in [0.05, 0.1) is 4.92 Å². The Morgan fingerprint density at radius 3 is 2.58 bits per heavy atom. The van der Waals surface area contributed by atoms with Gasteiger partial charge in [-0.05, 0) is 19.4 Å². The molecular weight excluding hydrogens is 252 g/mol. The summed E-state index contributed by atoms with van der Waals surface area (Å²) in [7, 11) is 0. The number of carbonyl (C=O) groups is 2. The highest BCUT2D eigenvalue weighted by atomic mass is 16.6. The lowest BCUT2D eigenvalue weighted by molar-refractivity contribution is -0.385. The lowest BCUT2D eigenvalue weighted by Crippen LogP contribution is -2.40. The van der Waals surface area contributed by atoms with Gasteiger partial charge in [-0.1, -0.05) is 13.0 Å². The summed E-state index contributed by atoms with van der Waals surface area (Å²) in [4.78, 5) is 32.9. The van der Waals surface area contributed by atoms with E-state index < -0.39 is 22.8 Å². The van der Waals surface area contributed by atoms with Crippen molar-refractivity contribution >= 4 is 17.6 Å².